The van der Waals surface area contributed by atoms with Crippen molar-refractivity contribution in [1.29, 1.82) is 0 Å². The molecule has 1 unspecified atom stereocenters. The van der Waals surface area contributed by atoms with E-state index >= 15 is 0 Å². The standard InChI is InChI=1S/C28H25N3O5S2/c1-16(17-7-5-4-6-8-17)36-28(34)30-27-20(15-29-31(27)2)23-14-25-24(38-23)13-22(37-25)19-10-9-18(12-26(32)33)21(11-19)35-3/h4-11,13-16H,12H2,1-3H3,(H,30,34)(H,32,33). The van der Waals surface area contributed by atoms with Gasteiger partial charge in [0, 0.05) is 31.8 Å². The van der Waals surface area contributed by atoms with E-state index in [0.29, 0.717) is 17.1 Å². The second kappa shape index (κ2) is 10.7. The second-order valence-corrected chi connectivity index (χ2v) is 10.8. The summed E-state index contributed by atoms with van der Waals surface area (Å²) >= 11 is 3.25. The Kier molecular flexibility index (Phi) is 7.17. The van der Waals surface area contributed by atoms with Crippen LogP contribution in [0.5, 0.6) is 5.75 Å². The number of aliphatic carboxylic acids is 1. The molecule has 1 amide bonds. The van der Waals surface area contributed by atoms with Gasteiger partial charge in [-0.2, -0.15) is 5.10 Å². The molecule has 2 N–H and O–H groups in total. The second-order valence-electron chi connectivity index (χ2n) is 8.66. The Hall–Kier alpha value is -4.15. The number of carboxylic acid groups (broad SMARTS) is 1. The van der Waals surface area contributed by atoms with Gasteiger partial charge in [-0.3, -0.25) is 14.8 Å². The number of methoxy groups -OCH3 is 1. The summed E-state index contributed by atoms with van der Waals surface area (Å²) in [4.78, 5) is 25.8. The molecule has 1 atom stereocenters. The van der Waals surface area contributed by atoms with E-state index < -0.39 is 18.2 Å². The van der Waals surface area contributed by atoms with Crippen molar-refractivity contribution >= 4 is 50.0 Å². The normalized spacial score (nSPS) is 11.9. The zero-order valence-corrected chi connectivity index (χ0v) is 22.6. The van der Waals surface area contributed by atoms with Crippen LogP contribution in [0, 0.1) is 0 Å². The van der Waals surface area contributed by atoms with Gasteiger partial charge in [0.25, 0.3) is 0 Å². The third-order valence-electron chi connectivity index (χ3n) is 6.10. The SMILES string of the molecule is COc1cc(-c2cc3sc(-c4cnn(C)c4NC(=O)OC(C)c4ccccc4)cc3s2)ccc1CC(=O)O. The smallest absolute Gasteiger partial charge is 0.413 e. The maximum Gasteiger partial charge on any atom is 0.413 e. The zero-order valence-electron chi connectivity index (χ0n) is 20.9. The van der Waals surface area contributed by atoms with Crippen LogP contribution in [0.25, 0.3) is 30.3 Å². The zero-order chi connectivity index (χ0) is 26.8. The predicted octanol–water partition coefficient (Wildman–Crippen LogP) is 6.98. The van der Waals surface area contributed by atoms with Crippen molar-refractivity contribution in [2.24, 2.45) is 7.05 Å². The summed E-state index contributed by atoms with van der Waals surface area (Å²) < 4.78 is 14.8. The molecule has 0 aliphatic carbocycles. The summed E-state index contributed by atoms with van der Waals surface area (Å²) in [6, 6.07) is 19.4. The van der Waals surface area contributed by atoms with Crippen molar-refractivity contribution in [3.05, 3.63) is 78.0 Å². The summed E-state index contributed by atoms with van der Waals surface area (Å²) in [6.07, 6.45) is 0.702. The van der Waals surface area contributed by atoms with Crippen LogP contribution in [0.1, 0.15) is 24.2 Å². The lowest BCUT2D eigenvalue weighted by atomic mass is 10.1. The van der Waals surface area contributed by atoms with E-state index in [4.69, 9.17) is 14.6 Å². The van der Waals surface area contributed by atoms with E-state index in [-0.39, 0.29) is 6.42 Å². The molecular formula is C28H25N3O5S2. The van der Waals surface area contributed by atoms with Crippen molar-refractivity contribution in [3.63, 3.8) is 0 Å². The molecule has 3 heterocycles. The van der Waals surface area contributed by atoms with Crippen molar-refractivity contribution in [3.8, 4) is 26.6 Å². The first-order valence-electron chi connectivity index (χ1n) is 11.8. The summed E-state index contributed by atoms with van der Waals surface area (Å²) in [5.41, 5.74) is 3.32. The van der Waals surface area contributed by atoms with Crippen molar-refractivity contribution < 1.29 is 24.2 Å². The predicted molar refractivity (Wildman–Crippen MR) is 150 cm³/mol. The largest absolute Gasteiger partial charge is 0.496 e. The molecule has 0 spiro atoms. The van der Waals surface area contributed by atoms with E-state index in [1.54, 1.807) is 53.8 Å². The average molecular weight is 548 g/mol. The highest BCUT2D eigenvalue weighted by Gasteiger charge is 2.20. The number of nitrogens with one attached hydrogen (secondary N) is 1. The Balaban J connectivity index is 1.36. The molecule has 3 aromatic heterocycles. The third kappa shape index (κ3) is 5.27. The number of hydrogen-bond donors (Lipinski definition) is 2. The maximum atomic E-state index is 12.7. The fourth-order valence-electron chi connectivity index (χ4n) is 4.16. The van der Waals surface area contributed by atoms with Gasteiger partial charge in [-0.15, -0.1) is 22.7 Å². The lowest BCUT2D eigenvalue weighted by molar-refractivity contribution is -0.136. The molecule has 0 aliphatic heterocycles. The number of ether oxygens (including phenoxy) is 2. The number of aromatic nitrogens is 2. The minimum absolute atomic E-state index is 0.0907. The first-order valence-corrected chi connectivity index (χ1v) is 13.4. The van der Waals surface area contributed by atoms with Crippen LogP contribution in [-0.4, -0.2) is 34.1 Å². The van der Waals surface area contributed by atoms with Crippen LogP contribution in [-0.2, 0) is 23.0 Å². The van der Waals surface area contributed by atoms with Crippen molar-refractivity contribution in [2.75, 3.05) is 12.4 Å². The number of rotatable bonds is 8. The van der Waals surface area contributed by atoms with E-state index in [9.17, 15) is 9.59 Å². The first-order chi connectivity index (χ1) is 18.3. The third-order valence-corrected chi connectivity index (χ3v) is 8.47. The van der Waals surface area contributed by atoms with E-state index in [0.717, 1.165) is 35.8 Å². The molecule has 0 radical (unpaired) electrons. The lowest BCUT2D eigenvalue weighted by Crippen LogP contribution is -2.18. The van der Waals surface area contributed by atoms with Gasteiger partial charge in [0.15, 0.2) is 0 Å². The molecule has 10 heteroatoms. The number of nitrogens with zero attached hydrogens (tertiary/aromatic N) is 2. The van der Waals surface area contributed by atoms with Crippen LogP contribution in [0.3, 0.4) is 0 Å². The number of benzene rings is 2. The van der Waals surface area contributed by atoms with Crippen LogP contribution in [0.15, 0.2) is 66.9 Å². The topological polar surface area (TPSA) is 103 Å². The number of carboxylic acids is 1. The number of thiophene rings is 2. The Labute approximate surface area is 227 Å². The highest BCUT2D eigenvalue weighted by Crippen LogP contribution is 2.44. The Morgan fingerprint density at radius 3 is 2.47 bits per heavy atom. The van der Waals surface area contributed by atoms with Gasteiger partial charge < -0.3 is 14.6 Å². The minimum Gasteiger partial charge on any atom is -0.496 e. The van der Waals surface area contributed by atoms with Gasteiger partial charge in [-0.1, -0.05) is 42.5 Å². The average Bonchev–Trinajstić information content (AvgIpc) is 3.58. The fourth-order valence-corrected chi connectivity index (χ4v) is 6.57. The highest BCUT2D eigenvalue weighted by atomic mass is 32.1. The molecule has 38 heavy (non-hydrogen) atoms. The number of hydrogen-bond acceptors (Lipinski definition) is 7. The van der Waals surface area contributed by atoms with Crippen LogP contribution >= 0.6 is 22.7 Å². The molecule has 0 fully saturated rings. The lowest BCUT2D eigenvalue weighted by Gasteiger charge is -2.14. The molecule has 0 saturated carbocycles. The van der Waals surface area contributed by atoms with Crippen LogP contribution in [0.4, 0.5) is 10.6 Å². The van der Waals surface area contributed by atoms with Gasteiger partial charge in [0.1, 0.15) is 17.7 Å². The number of aryl methyl sites for hydroxylation is 1. The van der Waals surface area contributed by atoms with Gasteiger partial charge in [-0.05, 0) is 36.2 Å². The number of carbonyl (C=O) groups is 2. The van der Waals surface area contributed by atoms with E-state index in [2.05, 4.69) is 22.5 Å². The Morgan fingerprint density at radius 2 is 1.76 bits per heavy atom. The molecule has 2 aromatic carbocycles. The van der Waals surface area contributed by atoms with Gasteiger partial charge in [-0.25, -0.2) is 4.79 Å². The Bertz CT molecular complexity index is 1590. The summed E-state index contributed by atoms with van der Waals surface area (Å²) in [6.45, 7) is 1.83. The number of anilines is 1. The quantitative estimate of drug-likeness (QED) is 0.217. The highest BCUT2D eigenvalue weighted by molar-refractivity contribution is 7.31. The van der Waals surface area contributed by atoms with E-state index in [1.807, 2.05) is 49.4 Å². The van der Waals surface area contributed by atoms with Gasteiger partial charge in [0.2, 0.25) is 0 Å². The Morgan fingerprint density at radius 1 is 1.05 bits per heavy atom. The summed E-state index contributed by atoms with van der Waals surface area (Å²) in [7, 11) is 3.32. The van der Waals surface area contributed by atoms with Crippen LogP contribution < -0.4 is 10.1 Å². The minimum atomic E-state index is -0.900. The van der Waals surface area contributed by atoms with Gasteiger partial charge >= 0.3 is 12.1 Å². The number of amides is 1. The maximum absolute atomic E-state index is 12.7. The van der Waals surface area contributed by atoms with Gasteiger partial charge in [0.05, 0.1) is 25.3 Å². The molecular weight excluding hydrogens is 522 g/mol. The van der Waals surface area contributed by atoms with Crippen molar-refractivity contribution in [1.82, 2.24) is 9.78 Å². The molecule has 5 rings (SSSR count). The summed E-state index contributed by atoms with van der Waals surface area (Å²) in [5, 5.41) is 16.3. The summed E-state index contributed by atoms with van der Waals surface area (Å²) in [5.74, 6) is 0.216. The first kappa shape index (κ1) is 25.5. The van der Waals surface area contributed by atoms with E-state index in [1.165, 1.54) is 0 Å². The van der Waals surface area contributed by atoms with Crippen LogP contribution in [0.2, 0.25) is 0 Å². The monoisotopic (exact) mass is 547 g/mol. The molecule has 0 saturated heterocycles. The molecule has 0 bridgehead atoms. The molecule has 8 nitrogen and oxygen atoms in total. The van der Waals surface area contributed by atoms with Crippen molar-refractivity contribution in [2.45, 2.75) is 19.4 Å². The molecule has 0 aliphatic rings. The number of carbonyl (C=O) groups excluding carboxylic acids is 1. The number of fused-ring (bicyclic) bond motifs is 1. The molecule has 5 aromatic rings. The molecule has 194 valence electrons. The fraction of sp³-hybridized carbons (Fsp3) is 0.179.